The lowest BCUT2D eigenvalue weighted by Gasteiger charge is -2.32. The van der Waals surface area contributed by atoms with E-state index in [-0.39, 0.29) is 17.9 Å². The maximum absolute atomic E-state index is 13.3. The first-order valence-electron chi connectivity index (χ1n) is 10.2. The molecule has 2 aromatic rings. The highest BCUT2D eigenvalue weighted by Crippen LogP contribution is 2.25. The van der Waals surface area contributed by atoms with Gasteiger partial charge in [0.1, 0.15) is 6.04 Å². The van der Waals surface area contributed by atoms with Gasteiger partial charge in [0.2, 0.25) is 11.8 Å². The maximum atomic E-state index is 13.3. The molecule has 1 atom stereocenters. The molecule has 28 heavy (non-hydrogen) atoms. The molecule has 0 aliphatic heterocycles. The molecule has 2 heterocycles. The zero-order chi connectivity index (χ0) is 19.8. The Hall–Kier alpha value is -2.21. The Morgan fingerprint density at radius 2 is 2.00 bits per heavy atom. The van der Waals surface area contributed by atoms with E-state index in [1.165, 1.54) is 0 Å². The summed E-state index contributed by atoms with van der Waals surface area (Å²) in [4.78, 5) is 33.4. The number of thiophene rings is 1. The third-order valence-corrected chi connectivity index (χ3v) is 6.14. The normalized spacial score (nSPS) is 15.3. The van der Waals surface area contributed by atoms with Gasteiger partial charge in [0.15, 0.2) is 0 Å². The van der Waals surface area contributed by atoms with Crippen molar-refractivity contribution >= 4 is 23.2 Å². The van der Waals surface area contributed by atoms with E-state index < -0.39 is 6.04 Å². The number of hydrogen-bond donors (Lipinski definition) is 1. The third-order valence-electron chi connectivity index (χ3n) is 5.26. The largest absolute Gasteiger partial charge is 0.351 e. The summed E-state index contributed by atoms with van der Waals surface area (Å²) in [6, 6.07) is 7.23. The third kappa shape index (κ3) is 5.41. The summed E-state index contributed by atoms with van der Waals surface area (Å²) in [5, 5.41) is 5.18. The van der Waals surface area contributed by atoms with Gasteiger partial charge in [0.25, 0.3) is 0 Å². The molecule has 3 rings (SSSR count). The first kappa shape index (κ1) is 20.5. The molecular formula is C22H29N3O2S. The van der Waals surface area contributed by atoms with Crippen LogP contribution < -0.4 is 5.32 Å². The highest BCUT2D eigenvalue weighted by atomic mass is 32.1. The van der Waals surface area contributed by atoms with E-state index in [9.17, 15) is 9.59 Å². The second kappa shape index (κ2) is 10.4. The van der Waals surface area contributed by atoms with Crippen molar-refractivity contribution < 1.29 is 9.59 Å². The van der Waals surface area contributed by atoms with E-state index >= 15 is 0 Å². The molecule has 0 spiro atoms. The molecule has 150 valence electrons. The molecule has 1 saturated carbocycles. The number of amides is 2. The van der Waals surface area contributed by atoms with E-state index in [1.807, 2.05) is 29.6 Å². The molecule has 2 aromatic heterocycles. The van der Waals surface area contributed by atoms with E-state index in [1.54, 1.807) is 28.6 Å². The van der Waals surface area contributed by atoms with Crippen LogP contribution in [0.5, 0.6) is 0 Å². The molecule has 1 aliphatic carbocycles. The van der Waals surface area contributed by atoms with E-state index in [0.717, 1.165) is 49.0 Å². The van der Waals surface area contributed by atoms with Gasteiger partial charge in [0.05, 0.1) is 6.42 Å². The summed E-state index contributed by atoms with van der Waals surface area (Å²) >= 11 is 1.58. The molecule has 0 aromatic carbocycles. The van der Waals surface area contributed by atoms with Crippen molar-refractivity contribution in [3.05, 3.63) is 52.5 Å². The standard InChI is InChI=1S/C22H29N3O2S/c1-2-3-14-25(20(26)16-19-9-6-15-28-19)21(17-10-12-23-13-11-17)22(27)24-18-7-4-5-8-18/h6,9-13,15,18,21H,2-5,7-8,14,16H2,1H3,(H,24,27)/t21-/m0/s1. The van der Waals surface area contributed by atoms with Gasteiger partial charge in [-0.1, -0.05) is 32.3 Å². The second-order valence-electron chi connectivity index (χ2n) is 7.37. The average Bonchev–Trinajstić information content (AvgIpc) is 3.40. The average molecular weight is 400 g/mol. The lowest BCUT2D eigenvalue weighted by atomic mass is 10.0. The predicted molar refractivity (Wildman–Crippen MR) is 112 cm³/mol. The van der Waals surface area contributed by atoms with Crippen LogP contribution in [-0.4, -0.2) is 34.3 Å². The molecule has 5 nitrogen and oxygen atoms in total. The van der Waals surface area contributed by atoms with Crippen LogP contribution >= 0.6 is 11.3 Å². The monoisotopic (exact) mass is 399 g/mol. The van der Waals surface area contributed by atoms with Crippen molar-refractivity contribution in [1.29, 1.82) is 0 Å². The SMILES string of the molecule is CCCCN(C(=O)Cc1cccs1)[C@H](C(=O)NC1CCCC1)c1ccncc1. The number of nitrogens with zero attached hydrogens (tertiary/aromatic N) is 2. The Morgan fingerprint density at radius 1 is 1.25 bits per heavy atom. The van der Waals surface area contributed by atoms with Crippen LogP contribution in [0.25, 0.3) is 0 Å². The fourth-order valence-corrected chi connectivity index (χ4v) is 4.45. The minimum Gasteiger partial charge on any atom is -0.351 e. The number of carbonyl (C=O) groups excluding carboxylic acids is 2. The molecule has 6 heteroatoms. The van der Waals surface area contributed by atoms with Crippen LogP contribution in [0.1, 0.15) is 61.9 Å². The molecular weight excluding hydrogens is 370 g/mol. The summed E-state index contributed by atoms with van der Waals surface area (Å²) in [5.74, 6) is -0.0759. The van der Waals surface area contributed by atoms with Gasteiger partial charge >= 0.3 is 0 Å². The van der Waals surface area contributed by atoms with Crippen LogP contribution in [0.15, 0.2) is 42.0 Å². The van der Waals surface area contributed by atoms with Crippen LogP contribution in [0, 0.1) is 0 Å². The van der Waals surface area contributed by atoms with Gasteiger partial charge in [-0.2, -0.15) is 0 Å². The Morgan fingerprint density at radius 3 is 2.64 bits per heavy atom. The number of aromatic nitrogens is 1. The van der Waals surface area contributed by atoms with Crippen molar-refractivity contribution in [2.75, 3.05) is 6.54 Å². The first-order chi connectivity index (χ1) is 13.7. The van der Waals surface area contributed by atoms with Gasteiger partial charge in [-0.3, -0.25) is 14.6 Å². The highest BCUT2D eigenvalue weighted by Gasteiger charge is 2.32. The summed E-state index contributed by atoms with van der Waals surface area (Å²) in [6.45, 7) is 2.67. The topological polar surface area (TPSA) is 62.3 Å². The Kier molecular flexibility index (Phi) is 7.60. The number of hydrogen-bond acceptors (Lipinski definition) is 4. The Labute approximate surface area is 171 Å². The summed E-state index contributed by atoms with van der Waals surface area (Å²) < 4.78 is 0. The Bertz CT molecular complexity index is 742. The lowest BCUT2D eigenvalue weighted by Crippen LogP contribution is -2.46. The zero-order valence-electron chi connectivity index (χ0n) is 16.5. The number of rotatable bonds is 9. The first-order valence-corrected chi connectivity index (χ1v) is 11.1. The van der Waals surface area contributed by atoms with E-state index in [0.29, 0.717) is 13.0 Å². The van der Waals surface area contributed by atoms with E-state index in [4.69, 9.17) is 0 Å². The summed E-state index contributed by atoms with van der Waals surface area (Å²) in [5.41, 5.74) is 0.820. The van der Waals surface area contributed by atoms with Gasteiger partial charge in [-0.15, -0.1) is 11.3 Å². The van der Waals surface area contributed by atoms with Crippen LogP contribution in [0.4, 0.5) is 0 Å². The van der Waals surface area contributed by atoms with E-state index in [2.05, 4.69) is 17.2 Å². The summed E-state index contributed by atoms with van der Waals surface area (Å²) in [6.07, 6.45) is 9.90. The number of carbonyl (C=O) groups is 2. The van der Waals surface area contributed by atoms with Gasteiger partial charge < -0.3 is 10.2 Å². The van der Waals surface area contributed by atoms with Crippen LogP contribution in [-0.2, 0) is 16.0 Å². The van der Waals surface area contributed by atoms with Gasteiger partial charge in [0, 0.05) is 29.9 Å². The van der Waals surface area contributed by atoms with Crippen LogP contribution in [0.2, 0.25) is 0 Å². The van der Waals surface area contributed by atoms with Crippen LogP contribution in [0.3, 0.4) is 0 Å². The molecule has 0 bridgehead atoms. The predicted octanol–water partition coefficient (Wildman–Crippen LogP) is 4.11. The molecule has 0 unspecified atom stereocenters. The molecule has 1 aliphatic rings. The second-order valence-corrected chi connectivity index (χ2v) is 8.40. The summed E-state index contributed by atoms with van der Waals surface area (Å²) in [7, 11) is 0. The minimum absolute atomic E-state index is 0.000663. The molecule has 1 N–H and O–H groups in total. The molecule has 1 fully saturated rings. The fraction of sp³-hybridized carbons (Fsp3) is 0.500. The quantitative estimate of drug-likeness (QED) is 0.690. The zero-order valence-corrected chi connectivity index (χ0v) is 17.3. The minimum atomic E-state index is -0.609. The lowest BCUT2D eigenvalue weighted by molar-refractivity contribution is -0.140. The molecule has 0 radical (unpaired) electrons. The smallest absolute Gasteiger partial charge is 0.247 e. The molecule has 0 saturated heterocycles. The highest BCUT2D eigenvalue weighted by molar-refractivity contribution is 7.10. The molecule has 2 amide bonds. The van der Waals surface area contributed by atoms with Gasteiger partial charge in [-0.05, 0) is 48.4 Å². The fourth-order valence-electron chi connectivity index (χ4n) is 3.76. The van der Waals surface area contributed by atoms with Crippen molar-refractivity contribution in [3.63, 3.8) is 0 Å². The van der Waals surface area contributed by atoms with Crippen molar-refractivity contribution in [2.45, 2.75) is 64.0 Å². The number of unbranched alkanes of at least 4 members (excludes halogenated alkanes) is 1. The number of nitrogens with one attached hydrogen (secondary N) is 1. The maximum Gasteiger partial charge on any atom is 0.247 e. The Balaban J connectivity index is 1.85. The van der Waals surface area contributed by atoms with Crippen molar-refractivity contribution in [3.8, 4) is 0 Å². The number of pyridine rings is 1. The van der Waals surface area contributed by atoms with Crippen molar-refractivity contribution in [1.82, 2.24) is 15.2 Å². The van der Waals surface area contributed by atoms with Crippen molar-refractivity contribution in [2.24, 2.45) is 0 Å². The van der Waals surface area contributed by atoms with Gasteiger partial charge in [-0.25, -0.2) is 0 Å².